The van der Waals surface area contributed by atoms with Crippen molar-refractivity contribution >= 4 is 23.2 Å². The highest BCUT2D eigenvalue weighted by Gasteiger charge is 2.35. The maximum absolute atomic E-state index is 12.3. The molecule has 0 aliphatic heterocycles. The summed E-state index contributed by atoms with van der Waals surface area (Å²) in [6.45, 7) is 3.51. The molecule has 0 saturated heterocycles. The number of rotatable bonds is 6. The minimum atomic E-state index is -0.972. The Morgan fingerprint density at radius 1 is 1.44 bits per heavy atom. The van der Waals surface area contributed by atoms with E-state index in [1.54, 1.807) is 12.3 Å². The number of nitriles is 1. The molecule has 1 aromatic rings. The molecule has 8 heteroatoms. The molecule has 1 saturated carbocycles. The summed E-state index contributed by atoms with van der Waals surface area (Å²) in [7, 11) is 0. The standard InChI is InChI=1S/C17H23N3O4S/c1-12-10-25-16(23)20(12)9-6-14(21)24-13(2)15(22)19-17(11-18)7-4-3-5-8-17/h10,13H,3-9H2,1-2H3,(H,19,22). The molecule has 1 amide bonds. The smallest absolute Gasteiger partial charge is 0.308 e. The van der Waals surface area contributed by atoms with Gasteiger partial charge < -0.3 is 14.6 Å². The van der Waals surface area contributed by atoms with Gasteiger partial charge in [-0.2, -0.15) is 5.26 Å². The van der Waals surface area contributed by atoms with E-state index in [4.69, 9.17) is 4.74 Å². The molecule has 0 radical (unpaired) electrons. The fourth-order valence-electron chi connectivity index (χ4n) is 2.94. The SMILES string of the molecule is Cc1csc(=O)n1CCC(=O)OC(C)C(=O)NC1(C#N)CCCCC1. The van der Waals surface area contributed by atoms with E-state index in [-0.39, 0.29) is 17.8 Å². The molecule has 0 spiro atoms. The van der Waals surface area contributed by atoms with Gasteiger partial charge in [0.05, 0.1) is 12.5 Å². The Balaban J connectivity index is 1.85. The fourth-order valence-corrected chi connectivity index (χ4v) is 3.71. The lowest BCUT2D eigenvalue weighted by Gasteiger charge is -2.32. The number of carbonyl (C=O) groups is 2. The van der Waals surface area contributed by atoms with Crippen LogP contribution in [-0.4, -0.2) is 28.1 Å². The molecular weight excluding hydrogens is 342 g/mol. The summed E-state index contributed by atoms with van der Waals surface area (Å²) in [5, 5.41) is 13.9. The van der Waals surface area contributed by atoms with Crippen LogP contribution in [0.5, 0.6) is 0 Å². The molecule has 1 atom stereocenters. The van der Waals surface area contributed by atoms with Crippen LogP contribution < -0.4 is 10.2 Å². The van der Waals surface area contributed by atoms with Gasteiger partial charge >= 0.3 is 10.8 Å². The molecule has 7 nitrogen and oxygen atoms in total. The zero-order chi connectivity index (χ0) is 18.4. The largest absolute Gasteiger partial charge is 0.452 e. The second kappa shape index (κ2) is 8.30. The number of hydrogen-bond acceptors (Lipinski definition) is 6. The van der Waals surface area contributed by atoms with E-state index in [9.17, 15) is 19.6 Å². The van der Waals surface area contributed by atoms with Gasteiger partial charge in [0.25, 0.3) is 5.91 Å². The number of amides is 1. The minimum Gasteiger partial charge on any atom is -0.452 e. The second-order valence-corrected chi connectivity index (χ2v) is 7.24. The average molecular weight is 365 g/mol. The molecule has 1 aliphatic rings. The molecule has 1 aliphatic carbocycles. The summed E-state index contributed by atoms with van der Waals surface area (Å²) in [6.07, 6.45) is 3.14. The normalized spacial score (nSPS) is 17.3. The van der Waals surface area contributed by atoms with E-state index >= 15 is 0 Å². The van der Waals surface area contributed by atoms with Crippen molar-refractivity contribution < 1.29 is 14.3 Å². The van der Waals surface area contributed by atoms with Crippen molar-refractivity contribution in [3.8, 4) is 6.07 Å². The molecule has 1 fully saturated rings. The first-order chi connectivity index (χ1) is 11.9. The topological polar surface area (TPSA) is 101 Å². The Kier molecular flexibility index (Phi) is 6.37. The van der Waals surface area contributed by atoms with Crippen LogP contribution in [0.2, 0.25) is 0 Å². The molecule has 136 valence electrons. The molecule has 2 rings (SSSR count). The summed E-state index contributed by atoms with van der Waals surface area (Å²) in [5.41, 5.74) is -0.0567. The Bertz CT molecular complexity index is 725. The zero-order valence-electron chi connectivity index (χ0n) is 14.5. The highest BCUT2D eigenvalue weighted by Crippen LogP contribution is 2.27. The molecule has 25 heavy (non-hydrogen) atoms. The van der Waals surface area contributed by atoms with Gasteiger partial charge in [-0.05, 0) is 26.7 Å². The Morgan fingerprint density at radius 2 is 2.12 bits per heavy atom. The third kappa shape index (κ3) is 4.92. The summed E-state index contributed by atoms with van der Waals surface area (Å²) in [6, 6.07) is 2.20. The summed E-state index contributed by atoms with van der Waals surface area (Å²) in [4.78, 5) is 35.7. The lowest BCUT2D eigenvalue weighted by Crippen LogP contribution is -2.52. The summed E-state index contributed by atoms with van der Waals surface area (Å²) in [5.74, 6) is -1.00. The molecule has 1 aromatic heterocycles. The fraction of sp³-hybridized carbons (Fsp3) is 0.647. The molecular formula is C17H23N3O4S. The first-order valence-electron chi connectivity index (χ1n) is 8.44. The van der Waals surface area contributed by atoms with Gasteiger partial charge in [0.2, 0.25) is 0 Å². The molecule has 1 heterocycles. The Hall–Kier alpha value is -2.14. The lowest BCUT2D eigenvalue weighted by molar-refractivity contribution is -0.155. The third-order valence-corrected chi connectivity index (χ3v) is 5.36. The van der Waals surface area contributed by atoms with Crippen LogP contribution in [0, 0.1) is 18.3 Å². The van der Waals surface area contributed by atoms with Crippen molar-refractivity contribution in [3.63, 3.8) is 0 Å². The number of nitrogens with one attached hydrogen (secondary N) is 1. The van der Waals surface area contributed by atoms with Crippen LogP contribution in [0.3, 0.4) is 0 Å². The van der Waals surface area contributed by atoms with Gasteiger partial charge in [0, 0.05) is 17.6 Å². The predicted octanol–water partition coefficient (Wildman–Crippen LogP) is 1.88. The number of nitrogens with zero attached hydrogens (tertiary/aromatic N) is 2. The molecule has 0 bridgehead atoms. The van der Waals surface area contributed by atoms with Gasteiger partial charge in [0.15, 0.2) is 6.10 Å². The van der Waals surface area contributed by atoms with Crippen molar-refractivity contribution in [2.75, 3.05) is 0 Å². The number of ether oxygens (including phenoxy) is 1. The highest BCUT2D eigenvalue weighted by molar-refractivity contribution is 7.07. The Labute approximate surface area is 150 Å². The number of aromatic nitrogens is 1. The first-order valence-corrected chi connectivity index (χ1v) is 9.32. The van der Waals surface area contributed by atoms with Crippen LogP contribution in [0.4, 0.5) is 0 Å². The Morgan fingerprint density at radius 3 is 2.68 bits per heavy atom. The van der Waals surface area contributed by atoms with Crippen LogP contribution >= 0.6 is 11.3 Å². The van der Waals surface area contributed by atoms with Crippen LogP contribution in [0.1, 0.15) is 51.1 Å². The van der Waals surface area contributed by atoms with E-state index in [1.807, 2.05) is 0 Å². The summed E-state index contributed by atoms with van der Waals surface area (Å²) < 4.78 is 6.65. The van der Waals surface area contributed by atoms with Crippen LogP contribution in [0.25, 0.3) is 0 Å². The maximum atomic E-state index is 12.3. The van der Waals surface area contributed by atoms with Crippen molar-refractivity contribution in [2.45, 2.75) is 70.6 Å². The maximum Gasteiger partial charge on any atom is 0.308 e. The van der Waals surface area contributed by atoms with Crippen molar-refractivity contribution in [1.82, 2.24) is 9.88 Å². The van der Waals surface area contributed by atoms with Gasteiger partial charge in [0.1, 0.15) is 5.54 Å². The second-order valence-electron chi connectivity index (χ2n) is 6.42. The van der Waals surface area contributed by atoms with Gasteiger partial charge in [-0.25, -0.2) is 0 Å². The number of aryl methyl sites for hydroxylation is 1. The highest BCUT2D eigenvalue weighted by atomic mass is 32.1. The number of thiazole rings is 1. The van der Waals surface area contributed by atoms with Crippen LogP contribution in [-0.2, 0) is 20.9 Å². The lowest BCUT2D eigenvalue weighted by atomic mass is 9.83. The molecule has 0 aromatic carbocycles. The third-order valence-electron chi connectivity index (χ3n) is 4.48. The van der Waals surface area contributed by atoms with E-state index < -0.39 is 23.5 Å². The van der Waals surface area contributed by atoms with Crippen molar-refractivity contribution in [3.05, 3.63) is 20.7 Å². The van der Waals surface area contributed by atoms with Crippen LogP contribution in [0.15, 0.2) is 10.2 Å². The number of carbonyl (C=O) groups excluding carboxylic acids is 2. The van der Waals surface area contributed by atoms with Crippen molar-refractivity contribution in [1.29, 1.82) is 5.26 Å². The average Bonchev–Trinajstić information content (AvgIpc) is 2.92. The first kappa shape index (κ1) is 19.2. The monoisotopic (exact) mass is 365 g/mol. The molecule has 1 unspecified atom stereocenters. The number of hydrogen-bond donors (Lipinski definition) is 1. The van der Waals surface area contributed by atoms with E-state index in [1.165, 1.54) is 11.5 Å². The van der Waals surface area contributed by atoms with E-state index in [2.05, 4.69) is 11.4 Å². The molecule has 1 N–H and O–H groups in total. The van der Waals surface area contributed by atoms with E-state index in [0.717, 1.165) is 36.3 Å². The van der Waals surface area contributed by atoms with Gasteiger partial charge in [-0.1, -0.05) is 30.6 Å². The number of esters is 1. The van der Waals surface area contributed by atoms with Crippen molar-refractivity contribution in [2.24, 2.45) is 0 Å². The van der Waals surface area contributed by atoms with E-state index in [0.29, 0.717) is 12.8 Å². The predicted molar refractivity (Wildman–Crippen MR) is 93.1 cm³/mol. The quantitative estimate of drug-likeness (QED) is 0.776. The summed E-state index contributed by atoms with van der Waals surface area (Å²) >= 11 is 1.08. The minimum absolute atomic E-state index is 0.0124. The van der Waals surface area contributed by atoms with Gasteiger partial charge in [-0.3, -0.25) is 14.4 Å². The van der Waals surface area contributed by atoms with Gasteiger partial charge in [-0.15, -0.1) is 0 Å². The zero-order valence-corrected chi connectivity index (χ0v) is 15.4.